The molecule has 0 unspecified atom stereocenters. The Morgan fingerprint density at radius 1 is 0.933 bits per heavy atom. The van der Waals surface area contributed by atoms with Gasteiger partial charge in [-0.2, -0.15) is 13.2 Å². The van der Waals surface area contributed by atoms with Crippen LogP contribution in [0.3, 0.4) is 0 Å². The van der Waals surface area contributed by atoms with Gasteiger partial charge in [0.25, 0.3) is 8.32 Å². The Labute approximate surface area is 264 Å². The lowest BCUT2D eigenvalue weighted by atomic mass is 9.98. The molecule has 1 aromatic heterocycles. The van der Waals surface area contributed by atoms with Crippen LogP contribution in [0.4, 0.5) is 18.0 Å². The van der Waals surface area contributed by atoms with Crippen LogP contribution in [-0.4, -0.2) is 50.4 Å². The Hall–Kier alpha value is -3.41. The molecule has 4 rings (SSSR count). The summed E-state index contributed by atoms with van der Waals surface area (Å²) in [6, 6.07) is 21.7. The highest BCUT2D eigenvalue weighted by Crippen LogP contribution is 2.42. The summed E-state index contributed by atoms with van der Waals surface area (Å²) in [6.45, 7) is 13.6. The number of halogens is 3. The van der Waals surface area contributed by atoms with E-state index in [4.69, 9.17) is 18.6 Å². The van der Waals surface area contributed by atoms with Crippen LogP contribution in [0.2, 0.25) is 5.04 Å². The van der Waals surface area contributed by atoms with Crippen molar-refractivity contribution in [1.29, 1.82) is 0 Å². The summed E-state index contributed by atoms with van der Waals surface area (Å²) in [6.07, 6.45) is -7.03. The summed E-state index contributed by atoms with van der Waals surface area (Å²) in [4.78, 5) is 16.6. The number of aromatic nitrogens is 1. The third-order valence-corrected chi connectivity index (χ3v) is 13.0. The number of carbonyl (C=O) groups excluding carboxylic acids is 1. The van der Waals surface area contributed by atoms with Crippen LogP contribution in [0.1, 0.15) is 72.2 Å². The van der Waals surface area contributed by atoms with Crippen LogP contribution in [0.25, 0.3) is 0 Å². The van der Waals surface area contributed by atoms with E-state index in [9.17, 15) is 18.0 Å². The van der Waals surface area contributed by atoms with Gasteiger partial charge in [0.05, 0.1) is 18.2 Å². The number of hydrogen-bond acceptors (Lipinski definition) is 6. The molecule has 4 atom stereocenters. The second-order valence-corrected chi connectivity index (χ2v) is 17.6. The third-order valence-electron chi connectivity index (χ3n) is 7.89. The molecule has 244 valence electrons. The molecule has 0 fully saturated rings. The smallest absolute Gasteiger partial charge is 0.433 e. The van der Waals surface area contributed by atoms with Crippen LogP contribution < -0.4 is 20.4 Å². The van der Waals surface area contributed by atoms with Gasteiger partial charge in [-0.05, 0) is 55.2 Å². The maximum atomic E-state index is 13.5. The van der Waals surface area contributed by atoms with E-state index in [-0.39, 0.29) is 17.3 Å². The molecule has 2 heterocycles. The molecule has 0 bridgehead atoms. The first kappa shape index (κ1) is 34.5. The molecule has 11 heteroatoms. The number of pyridine rings is 1. The van der Waals surface area contributed by atoms with E-state index in [2.05, 4.69) is 55.3 Å². The van der Waals surface area contributed by atoms with Gasteiger partial charge in [-0.3, -0.25) is 0 Å². The average molecular weight is 645 g/mol. The van der Waals surface area contributed by atoms with Gasteiger partial charge < -0.3 is 24.0 Å². The molecule has 0 aliphatic carbocycles. The van der Waals surface area contributed by atoms with Crippen molar-refractivity contribution in [3.63, 3.8) is 0 Å². The Morgan fingerprint density at radius 2 is 1.49 bits per heavy atom. The molecule has 1 amide bonds. The van der Waals surface area contributed by atoms with Gasteiger partial charge in [0.1, 0.15) is 17.4 Å². The zero-order valence-electron chi connectivity index (χ0n) is 27.1. The number of hydrogen-bond donors (Lipinski definition) is 1. The van der Waals surface area contributed by atoms with Gasteiger partial charge >= 0.3 is 12.3 Å². The number of methoxy groups -OCH3 is 1. The molecule has 0 saturated heterocycles. The van der Waals surface area contributed by atoms with Crippen molar-refractivity contribution in [2.24, 2.45) is 0 Å². The summed E-state index contributed by atoms with van der Waals surface area (Å²) in [5.74, 6) is -0.189. The number of alkyl halides is 3. The number of nitrogens with zero attached hydrogens (tertiary/aromatic N) is 1. The lowest BCUT2D eigenvalue weighted by molar-refractivity contribution is -0.141. The van der Waals surface area contributed by atoms with E-state index < -0.39 is 56.2 Å². The Bertz CT molecular complexity index is 1400. The molecule has 0 saturated carbocycles. The average Bonchev–Trinajstić information content (AvgIpc) is 3.29. The van der Waals surface area contributed by atoms with Gasteiger partial charge in [-0.25, -0.2) is 9.78 Å². The summed E-state index contributed by atoms with van der Waals surface area (Å²) >= 11 is 0. The summed E-state index contributed by atoms with van der Waals surface area (Å²) < 4.78 is 65.3. The third kappa shape index (κ3) is 7.70. The number of rotatable bonds is 9. The van der Waals surface area contributed by atoms with Crippen LogP contribution in [0.15, 0.2) is 72.8 Å². The lowest BCUT2D eigenvalue weighted by Crippen LogP contribution is -2.68. The maximum Gasteiger partial charge on any atom is 0.433 e. The predicted octanol–water partition coefficient (Wildman–Crippen LogP) is 6.80. The monoisotopic (exact) mass is 644 g/mol. The van der Waals surface area contributed by atoms with Gasteiger partial charge in [0.15, 0.2) is 0 Å². The fourth-order valence-electron chi connectivity index (χ4n) is 5.90. The van der Waals surface area contributed by atoms with E-state index in [1.165, 1.54) is 6.07 Å². The maximum absolute atomic E-state index is 13.5. The van der Waals surface area contributed by atoms with Crippen LogP contribution in [0.5, 0.6) is 5.88 Å². The van der Waals surface area contributed by atoms with Crippen molar-refractivity contribution in [3.05, 3.63) is 84.1 Å². The standard InChI is InChI=1S/C34H43F3N2O5Si/c1-22(44-45(33(5,6)7,23-15-11-9-12-16-23)24-17-13-10-14-18-24)26(41-8)21-27-29(39-31(40)43-32(2,3)4)25-19-20-28(34(35,36)37)38-30(25)42-27/h9-20,22,26-27,29H,21H2,1-8H3,(H,39,40)/t22-,26-,27-,29-/m0/s1. The second-order valence-electron chi connectivity index (χ2n) is 13.4. The Morgan fingerprint density at radius 3 is 1.96 bits per heavy atom. The highest BCUT2D eigenvalue weighted by Gasteiger charge is 2.52. The number of benzene rings is 2. The Balaban J connectivity index is 1.69. The molecule has 7 nitrogen and oxygen atoms in total. The Kier molecular flexibility index (Phi) is 10.1. The topological polar surface area (TPSA) is 78.9 Å². The minimum absolute atomic E-state index is 0.189. The SMILES string of the molecule is CO[C@@H](C[C@@H]1Oc2nc(C(F)(F)F)ccc2[C@@H]1NC(=O)OC(C)(C)C)[C@H](C)O[Si](c1ccccc1)(c1ccccc1)C(C)(C)C. The molecular weight excluding hydrogens is 601 g/mol. The number of nitrogens with one attached hydrogen (secondary N) is 1. The van der Waals surface area contributed by atoms with E-state index in [1.807, 2.05) is 43.3 Å². The number of ether oxygens (including phenoxy) is 3. The van der Waals surface area contributed by atoms with Crippen molar-refractivity contribution in [3.8, 4) is 5.88 Å². The molecule has 1 aliphatic heterocycles. The quantitative estimate of drug-likeness (QED) is 0.258. The minimum Gasteiger partial charge on any atom is -0.471 e. The molecule has 1 aliphatic rings. The molecule has 2 aromatic carbocycles. The zero-order valence-corrected chi connectivity index (χ0v) is 28.1. The van der Waals surface area contributed by atoms with E-state index in [0.29, 0.717) is 5.56 Å². The number of fused-ring (bicyclic) bond motifs is 1. The lowest BCUT2D eigenvalue weighted by Gasteiger charge is -2.45. The zero-order chi connectivity index (χ0) is 33.2. The summed E-state index contributed by atoms with van der Waals surface area (Å²) in [5.41, 5.74) is -1.54. The summed E-state index contributed by atoms with van der Waals surface area (Å²) in [5, 5.41) is 4.71. The molecule has 45 heavy (non-hydrogen) atoms. The van der Waals surface area contributed by atoms with E-state index in [1.54, 1.807) is 27.9 Å². The van der Waals surface area contributed by atoms with Crippen LogP contribution in [0, 0.1) is 0 Å². The first-order valence-electron chi connectivity index (χ1n) is 15.0. The van der Waals surface area contributed by atoms with Crippen molar-refractivity contribution in [2.75, 3.05) is 7.11 Å². The number of carbonyl (C=O) groups is 1. The van der Waals surface area contributed by atoms with Crippen LogP contribution >= 0.6 is 0 Å². The summed E-state index contributed by atoms with van der Waals surface area (Å²) in [7, 11) is -1.39. The van der Waals surface area contributed by atoms with Crippen molar-refractivity contribution in [2.45, 2.75) is 96.1 Å². The second kappa shape index (κ2) is 13.1. The molecule has 0 spiro atoms. The van der Waals surface area contributed by atoms with Gasteiger partial charge in [-0.1, -0.05) is 81.4 Å². The fraction of sp³-hybridized carbons (Fsp3) is 0.471. The number of amides is 1. The molecule has 1 N–H and O–H groups in total. The molecule has 0 radical (unpaired) electrons. The van der Waals surface area contributed by atoms with Crippen molar-refractivity contribution >= 4 is 24.8 Å². The predicted molar refractivity (Wildman–Crippen MR) is 169 cm³/mol. The van der Waals surface area contributed by atoms with Gasteiger partial charge in [0.2, 0.25) is 5.88 Å². The normalized spacial score (nSPS) is 18.5. The van der Waals surface area contributed by atoms with Crippen molar-refractivity contribution < 1.29 is 36.6 Å². The fourth-order valence-corrected chi connectivity index (χ4v) is 10.6. The highest BCUT2D eigenvalue weighted by atomic mass is 28.4. The van der Waals surface area contributed by atoms with Crippen molar-refractivity contribution in [1.82, 2.24) is 10.3 Å². The molecule has 3 aromatic rings. The first-order valence-corrected chi connectivity index (χ1v) is 16.9. The van der Waals surface area contributed by atoms with Gasteiger partial charge in [-0.15, -0.1) is 0 Å². The van der Waals surface area contributed by atoms with E-state index >= 15 is 0 Å². The van der Waals surface area contributed by atoms with Gasteiger partial charge in [0, 0.05) is 19.1 Å². The first-order chi connectivity index (χ1) is 21.0. The number of alkyl carbamates (subject to hydrolysis) is 1. The van der Waals surface area contributed by atoms with Crippen LogP contribution in [-0.2, 0) is 20.1 Å². The van der Waals surface area contributed by atoms with E-state index in [0.717, 1.165) is 16.4 Å². The highest BCUT2D eigenvalue weighted by molar-refractivity contribution is 6.99. The molecular formula is C34H43F3N2O5Si. The largest absolute Gasteiger partial charge is 0.471 e. The minimum atomic E-state index is -4.65.